The summed E-state index contributed by atoms with van der Waals surface area (Å²) >= 11 is 3.15. The summed E-state index contributed by atoms with van der Waals surface area (Å²) in [5, 5.41) is 14.6. The van der Waals surface area contributed by atoms with Gasteiger partial charge >= 0.3 is 0 Å². The Morgan fingerprint density at radius 1 is 1.44 bits per heavy atom. The van der Waals surface area contributed by atoms with Gasteiger partial charge in [0.05, 0.1) is 10.1 Å². The summed E-state index contributed by atoms with van der Waals surface area (Å²) < 4.78 is 2.09. The largest absolute Gasteiger partial charge is 0.352 e. The zero-order chi connectivity index (χ0) is 17.8. The van der Waals surface area contributed by atoms with Crippen molar-refractivity contribution < 1.29 is 4.79 Å². The van der Waals surface area contributed by atoms with Gasteiger partial charge in [-0.3, -0.25) is 4.79 Å². The number of rotatable bonds is 6. The minimum atomic E-state index is -0.181. The first-order chi connectivity index (χ1) is 12.1. The molecule has 1 aliphatic carbocycles. The summed E-state index contributed by atoms with van der Waals surface area (Å²) in [5.41, 5.74) is 0. The molecule has 1 N–H and O–H groups in total. The molecule has 0 aliphatic heterocycles. The molecule has 2 heterocycles. The summed E-state index contributed by atoms with van der Waals surface area (Å²) in [6.45, 7) is 7.06. The van der Waals surface area contributed by atoms with Gasteiger partial charge in [-0.25, -0.2) is 0 Å². The smallest absolute Gasteiger partial charge is 0.233 e. The van der Waals surface area contributed by atoms with E-state index in [1.54, 1.807) is 11.3 Å². The molecular weight excluding hydrogens is 352 g/mol. The van der Waals surface area contributed by atoms with E-state index in [9.17, 15) is 4.79 Å². The van der Waals surface area contributed by atoms with Crippen molar-refractivity contribution in [1.29, 1.82) is 0 Å². The van der Waals surface area contributed by atoms with E-state index in [0.717, 1.165) is 28.8 Å². The normalized spacial score (nSPS) is 21.9. The van der Waals surface area contributed by atoms with Crippen LogP contribution in [0.2, 0.25) is 0 Å². The predicted molar refractivity (Wildman–Crippen MR) is 104 cm³/mol. The number of nitrogens with zero attached hydrogens (tertiary/aromatic N) is 3. The van der Waals surface area contributed by atoms with Crippen molar-refractivity contribution >= 4 is 29.0 Å². The number of thioether (sulfide) groups is 1. The molecular formula is C18H26N4OS2. The number of amides is 1. The molecule has 5 nitrogen and oxygen atoms in total. The minimum absolute atomic E-state index is 0.104. The number of hydrogen-bond donors (Lipinski definition) is 1. The lowest BCUT2D eigenvalue weighted by atomic mass is 9.86. The Balaban J connectivity index is 1.66. The van der Waals surface area contributed by atoms with Crippen molar-refractivity contribution in [2.75, 3.05) is 0 Å². The highest BCUT2D eigenvalue weighted by atomic mass is 32.2. The third-order valence-corrected chi connectivity index (χ3v) is 6.81. The summed E-state index contributed by atoms with van der Waals surface area (Å²) in [4.78, 5) is 13.7. The molecule has 1 saturated carbocycles. The van der Waals surface area contributed by atoms with Gasteiger partial charge in [0.15, 0.2) is 11.0 Å². The molecule has 0 bridgehead atoms. The fourth-order valence-corrected chi connectivity index (χ4v) is 4.93. The Kier molecular flexibility index (Phi) is 6.17. The number of carbonyl (C=O) groups is 1. The zero-order valence-electron chi connectivity index (χ0n) is 15.1. The number of carbonyl (C=O) groups excluding carboxylic acids is 1. The van der Waals surface area contributed by atoms with Gasteiger partial charge in [0.1, 0.15) is 0 Å². The number of thiophene rings is 1. The van der Waals surface area contributed by atoms with Crippen LogP contribution in [0.15, 0.2) is 22.7 Å². The maximum Gasteiger partial charge on any atom is 0.233 e. The van der Waals surface area contributed by atoms with Crippen molar-refractivity contribution in [2.24, 2.45) is 5.92 Å². The van der Waals surface area contributed by atoms with Crippen molar-refractivity contribution in [3.63, 3.8) is 0 Å². The van der Waals surface area contributed by atoms with Crippen molar-refractivity contribution in [1.82, 2.24) is 20.1 Å². The molecule has 0 aromatic carbocycles. The fourth-order valence-electron chi connectivity index (χ4n) is 3.29. The Labute approximate surface area is 157 Å². The van der Waals surface area contributed by atoms with E-state index in [2.05, 4.69) is 40.0 Å². The van der Waals surface area contributed by atoms with Crippen LogP contribution in [0.3, 0.4) is 0 Å². The highest BCUT2D eigenvalue weighted by molar-refractivity contribution is 8.00. The lowest BCUT2D eigenvalue weighted by Crippen LogP contribution is -2.44. The molecule has 0 saturated heterocycles. The van der Waals surface area contributed by atoms with E-state index in [-0.39, 0.29) is 11.2 Å². The number of hydrogen-bond acceptors (Lipinski definition) is 5. The first-order valence-electron chi connectivity index (χ1n) is 9.04. The Morgan fingerprint density at radius 3 is 2.92 bits per heavy atom. The van der Waals surface area contributed by atoms with Crippen LogP contribution in [0, 0.1) is 5.92 Å². The second-order valence-electron chi connectivity index (χ2n) is 6.66. The monoisotopic (exact) mass is 378 g/mol. The summed E-state index contributed by atoms with van der Waals surface area (Å²) in [7, 11) is 0. The lowest BCUT2D eigenvalue weighted by molar-refractivity contribution is -0.121. The summed E-state index contributed by atoms with van der Waals surface area (Å²) in [6.07, 6.45) is 4.80. The van der Waals surface area contributed by atoms with Crippen LogP contribution in [0.5, 0.6) is 0 Å². The molecule has 1 aliphatic rings. The van der Waals surface area contributed by atoms with Crippen LogP contribution in [0.1, 0.15) is 46.5 Å². The number of nitrogens with one attached hydrogen (secondary N) is 1. The molecule has 3 rings (SSSR count). The van der Waals surface area contributed by atoms with Gasteiger partial charge in [-0.2, -0.15) is 0 Å². The third-order valence-electron chi connectivity index (χ3n) is 4.87. The van der Waals surface area contributed by atoms with E-state index < -0.39 is 0 Å². The van der Waals surface area contributed by atoms with E-state index in [1.807, 2.05) is 18.4 Å². The maximum absolute atomic E-state index is 12.6. The van der Waals surface area contributed by atoms with E-state index in [1.165, 1.54) is 31.0 Å². The van der Waals surface area contributed by atoms with Gasteiger partial charge < -0.3 is 9.88 Å². The molecule has 7 heteroatoms. The van der Waals surface area contributed by atoms with Gasteiger partial charge in [-0.05, 0) is 44.1 Å². The first-order valence-corrected chi connectivity index (χ1v) is 10.8. The van der Waals surface area contributed by atoms with Gasteiger partial charge in [-0.15, -0.1) is 21.5 Å². The van der Waals surface area contributed by atoms with Crippen LogP contribution in [0.4, 0.5) is 0 Å². The van der Waals surface area contributed by atoms with Gasteiger partial charge in [0.25, 0.3) is 0 Å². The van der Waals surface area contributed by atoms with Crippen LogP contribution >= 0.6 is 23.1 Å². The second-order valence-corrected chi connectivity index (χ2v) is 8.92. The average molecular weight is 379 g/mol. The number of aromatic nitrogens is 3. The standard InChI is InChI=1S/C18H26N4OS2/c1-4-22-16(15-10-7-11-24-15)20-21-18(22)25-13(3)17(23)19-14-9-6-5-8-12(14)2/h7,10-14H,4-6,8-9H2,1-3H3,(H,19,23). The van der Waals surface area contributed by atoms with Crippen LogP contribution < -0.4 is 5.32 Å². The highest BCUT2D eigenvalue weighted by Gasteiger charge is 2.26. The SMILES string of the molecule is CCn1c(SC(C)C(=O)NC2CCCCC2C)nnc1-c1cccs1. The Morgan fingerprint density at radius 2 is 2.24 bits per heavy atom. The molecule has 136 valence electrons. The molecule has 0 radical (unpaired) electrons. The topological polar surface area (TPSA) is 59.8 Å². The molecule has 25 heavy (non-hydrogen) atoms. The summed E-state index contributed by atoms with van der Waals surface area (Å²) in [5.74, 6) is 1.56. The van der Waals surface area contributed by atoms with Gasteiger partial charge in [0.2, 0.25) is 5.91 Å². The highest BCUT2D eigenvalue weighted by Crippen LogP contribution is 2.30. The zero-order valence-corrected chi connectivity index (χ0v) is 16.7. The second kappa shape index (κ2) is 8.36. The van der Waals surface area contributed by atoms with E-state index >= 15 is 0 Å². The minimum Gasteiger partial charge on any atom is -0.352 e. The third kappa shape index (κ3) is 4.26. The summed E-state index contributed by atoms with van der Waals surface area (Å²) in [6, 6.07) is 4.38. The molecule has 2 aromatic rings. The lowest BCUT2D eigenvalue weighted by Gasteiger charge is -2.30. The van der Waals surface area contributed by atoms with Gasteiger partial charge in [-0.1, -0.05) is 37.6 Å². The van der Waals surface area contributed by atoms with Crippen LogP contribution in [0.25, 0.3) is 10.7 Å². The molecule has 1 amide bonds. The van der Waals surface area contributed by atoms with Crippen LogP contribution in [-0.4, -0.2) is 32.0 Å². The van der Waals surface area contributed by atoms with Crippen molar-refractivity contribution in [2.45, 2.75) is 69.4 Å². The van der Waals surface area contributed by atoms with Gasteiger partial charge in [0, 0.05) is 12.6 Å². The fraction of sp³-hybridized carbons (Fsp3) is 0.611. The molecule has 0 spiro atoms. The Bertz CT molecular complexity index is 698. The molecule has 3 atom stereocenters. The maximum atomic E-state index is 12.6. The van der Waals surface area contributed by atoms with Crippen molar-refractivity contribution in [3.8, 4) is 10.7 Å². The van der Waals surface area contributed by atoms with Crippen molar-refractivity contribution in [3.05, 3.63) is 17.5 Å². The average Bonchev–Trinajstić information content (AvgIpc) is 3.25. The predicted octanol–water partition coefficient (Wildman–Crippen LogP) is 4.20. The first kappa shape index (κ1) is 18.5. The van der Waals surface area contributed by atoms with E-state index in [0.29, 0.717) is 12.0 Å². The van der Waals surface area contributed by atoms with Crippen LogP contribution in [-0.2, 0) is 11.3 Å². The quantitative estimate of drug-likeness (QED) is 0.765. The molecule has 3 unspecified atom stereocenters. The van der Waals surface area contributed by atoms with E-state index in [4.69, 9.17) is 0 Å². The molecule has 1 fully saturated rings. The molecule has 2 aromatic heterocycles. The Hall–Kier alpha value is -1.34.